The molecule has 2 unspecified atom stereocenters. The van der Waals surface area contributed by atoms with Gasteiger partial charge in [-0.3, -0.25) is 14.4 Å². The Kier molecular flexibility index (Phi) is 38.4. The first-order valence-corrected chi connectivity index (χ1v) is 22.6. The minimum atomic E-state index is -1.38. The molecule has 0 aromatic carbocycles. The Morgan fingerprint density at radius 2 is 0.944 bits per heavy atom. The van der Waals surface area contributed by atoms with E-state index in [1.807, 2.05) is 0 Å². The zero-order valence-electron chi connectivity index (χ0n) is 35.0. The third-order valence-corrected chi connectivity index (χ3v) is 10.3. The topological polar surface area (TPSA) is 142 Å². The normalized spacial score (nSPS) is 12.5. The predicted molar refractivity (Wildman–Crippen MR) is 222 cm³/mol. The maximum absolute atomic E-state index is 12.7. The summed E-state index contributed by atoms with van der Waals surface area (Å²) in [5, 5.41) is 22.5. The van der Waals surface area contributed by atoms with Crippen molar-refractivity contribution in [3.63, 3.8) is 0 Å². The summed E-state index contributed by atoms with van der Waals surface area (Å²) in [6, 6.07) is -1.38. The first-order valence-electron chi connectivity index (χ1n) is 22.6. The number of hydrogen-bond donors (Lipinski definition) is 4. The second-order valence-corrected chi connectivity index (χ2v) is 15.5. The molecule has 0 aliphatic heterocycles. The van der Waals surface area contributed by atoms with Crippen LogP contribution < -0.4 is 10.6 Å². The average Bonchev–Trinajstić information content (AvgIpc) is 3.15. The van der Waals surface area contributed by atoms with Crippen LogP contribution in [0.2, 0.25) is 0 Å². The largest absolute Gasteiger partial charge is 0.480 e. The SMILES string of the molecule is CCCCCCCC/C=C\CCCCCCCCCCCC(=O)OC(CCCCCCCCC)CCCCCCCC(=O)NCC(=O)NC(CO)C(=O)O. The zero-order valence-corrected chi connectivity index (χ0v) is 35.0. The lowest BCUT2D eigenvalue weighted by Gasteiger charge is -2.18. The van der Waals surface area contributed by atoms with Crippen LogP contribution in [0.25, 0.3) is 0 Å². The van der Waals surface area contributed by atoms with Crippen molar-refractivity contribution in [3.8, 4) is 0 Å². The molecule has 0 saturated carbocycles. The highest BCUT2D eigenvalue weighted by molar-refractivity contribution is 5.87. The Morgan fingerprint density at radius 3 is 1.39 bits per heavy atom. The van der Waals surface area contributed by atoms with Crippen LogP contribution in [0, 0.1) is 0 Å². The van der Waals surface area contributed by atoms with Crippen LogP contribution in [-0.4, -0.2) is 59.3 Å². The predicted octanol–water partition coefficient (Wildman–Crippen LogP) is 11.0. The van der Waals surface area contributed by atoms with Gasteiger partial charge in [0.1, 0.15) is 12.1 Å². The van der Waals surface area contributed by atoms with E-state index in [9.17, 15) is 19.2 Å². The molecule has 0 aromatic heterocycles. The molecule has 9 nitrogen and oxygen atoms in total. The maximum Gasteiger partial charge on any atom is 0.328 e. The van der Waals surface area contributed by atoms with Gasteiger partial charge in [-0.25, -0.2) is 4.79 Å². The zero-order chi connectivity index (χ0) is 39.7. The van der Waals surface area contributed by atoms with E-state index >= 15 is 0 Å². The van der Waals surface area contributed by atoms with Gasteiger partial charge in [0, 0.05) is 12.8 Å². The lowest BCUT2D eigenvalue weighted by atomic mass is 10.0. The van der Waals surface area contributed by atoms with Gasteiger partial charge < -0.3 is 25.6 Å². The lowest BCUT2D eigenvalue weighted by molar-refractivity contribution is -0.150. The summed E-state index contributed by atoms with van der Waals surface area (Å²) < 4.78 is 6.01. The van der Waals surface area contributed by atoms with E-state index in [0.717, 1.165) is 57.8 Å². The van der Waals surface area contributed by atoms with E-state index in [-0.39, 0.29) is 24.5 Å². The summed E-state index contributed by atoms with van der Waals surface area (Å²) in [6.45, 7) is 3.48. The van der Waals surface area contributed by atoms with Crippen molar-refractivity contribution in [3.05, 3.63) is 12.2 Å². The van der Waals surface area contributed by atoms with E-state index < -0.39 is 24.5 Å². The summed E-state index contributed by atoms with van der Waals surface area (Å²) in [4.78, 5) is 47.5. The molecule has 0 fully saturated rings. The highest BCUT2D eigenvalue weighted by Gasteiger charge is 2.19. The number of aliphatic hydroxyl groups excluding tert-OH is 1. The standard InChI is InChI=1S/C45H84N2O7/c1-3-5-7-9-11-12-13-14-15-16-17-18-19-20-21-22-24-29-33-37-44(51)54-40(34-30-26-23-10-8-6-4-2)35-31-27-25-28-32-36-42(49)46-38-43(50)47-41(39-48)45(52)53/h14-15,40-41,48H,3-13,16-39H2,1-2H3,(H,46,49)(H,47,50)(H,52,53)/b15-14-. The highest BCUT2D eigenvalue weighted by Crippen LogP contribution is 2.19. The van der Waals surface area contributed by atoms with Crippen molar-refractivity contribution in [1.29, 1.82) is 0 Å². The van der Waals surface area contributed by atoms with Crippen molar-refractivity contribution in [2.75, 3.05) is 13.2 Å². The van der Waals surface area contributed by atoms with Crippen LogP contribution in [0.3, 0.4) is 0 Å². The van der Waals surface area contributed by atoms with Gasteiger partial charge in [0.15, 0.2) is 0 Å². The van der Waals surface area contributed by atoms with Crippen LogP contribution in [0.15, 0.2) is 12.2 Å². The Hall–Kier alpha value is -2.42. The first-order chi connectivity index (χ1) is 26.3. The molecule has 0 aromatic rings. The molecule has 0 heterocycles. The second-order valence-electron chi connectivity index (χ2n) is 15.5. The Balaban J connectivity index is 4.08. The third-order valence-electron chi connectivity index (χ3n) is 10.3. The van der Waals surface area contributed by atoms with Gasteiger partial charge in [-0.1, -0.05) is 161 Å². The molecule has 0 saturated heterocycles. The molecular weight excluding hydrogens is 681 g/mol. The minimum Gasteiger partial charge on any atom is -0.480 e. The summed E-state index contributed by atoms with van der Waals surface area (Å²) in [7, 11) is 0. The number of nitrogens with one attached hydrogen (secondary N) is 2. The minimum absolute atomic E-state index is 0.00700. The molecular formula is C45H84N2O7. The fourth-order valence-electron chi connectivity index (χ4n) is 6.77. The number of unbranched alkanes of at least 4 members (excludes halogenated alkanes) is 25. The number of aliphatic carboxylic acids is 1. The van der Waals surface area contributed by atoms with Crippen molar-refractivity contribution < 1.29 is 34.1 Å². The quantitative estimate of drug-likeness (QED) is 0.0276. The number of ether oxygens (including phenoxy) is 1. The van der Waals surface area contributed by atoms with Gasteiger partial charge in [0.2, 0.25) is 11.8 Å². The molecule has 4 N–H and O–H groups in total. The van der Waals surface area contributed by atoms with Gasteiger partial charge in [-0.2, -0.15) is 0 Å². The Bertz CT molecular complexity index is 926. The number of rotatable bonds is 41. The molecule has 0 rings (SSSR count). The van der Waals surface area contributed by atoms with Crippen molar-refractivity contribution in [2.24, 2.45) is 0 Å². The van der Waals surface area contributed by atoms with Gasteiger partial charge in [-0.15, -0.1) is 0 Å². The molecule has 2 atom stereocenters. The smallest absolute Gasteiger partial charge is 0.328 e. The Morgan fingerprint density at radius 1 is 0.537 bits per heavy atom. The number of hydrogen-bond acceptors (Lipinski definition) is 6. The monoisotopic (exact) mass is 765 g/mol. The number of carbonyl (C=O) groups excluding carboxylic acids is 3. The average molecular weight is 765 g/mol. The van der Waals surface area contributed by atoms with Crippen LogP contribution >= 0.6 is 0 Å². The summed E-state index contributed by atoms with van der Waals surface area (Å²) in [5.41, 5.74) is 0. The fraction of sp³-hybridized carbons (Fsp3) is 0.867. The van der Waals surface area contributed by atoms with E-state index in [4.69, 9.17) is 14.9 Å². The van der Waals surface area contributed by atoms with Crippen LogP contribution in [0.1, 0.15) is 226 Å². The summed E-state index contributed by atoms with van der Waals surface area (Å²) in [6.07, 6.45) is 42.5. The number of allylic oxidation sites excluding steroid dienone is 2. The van der Waals surface area contributed by atoms with E-state index in [1.165, 1.54) is 135 Å². The van der Waals surface area contributed by atoms with Gasteiger partial charge >= 0.3 is 11.9 Å². The maximum atomic E-state index is 12.7. The highest BCUT2D eigenvalue weighted by atomic mass is 16.5. The number of aliphatic hydroxyl groups is 1. The number of esters is 1. The molecule has 0 aliphatic carbocycles. The van der Waals surface area contributed by atoms with Gasteiger partial charge in [-0.05, 0) is 64.2 Å². The number of carbonyl (C=O) groups is 4. The second kappa shape index (κ2) is 40.2. The number of carboxylic acid groups (broad SMARTS) is 1. The molecule has 2 amide bonds. The van der Waals surface area contributed by atoms with Gasteiger partial charge in [0.05, 0.1) is 13.2 Å². The lowest BCUT2D eigenvalue weighted by Crippen LogP contribution is -2.47. The van der Waals surface area contributed by atoms with E-state index in [1.54, 1.807) is 0 Å². The van der Waals surface area contributed by atoms with Gasteiger partial charge in [0.25, 0.3) is 0 Å². The van der Waals surface area contributed by atoms with Crippen LogP contribution in [-0.2, 0) is 23.9 Å². The van der Waals surface area contributed by atoms with E-state index in [2.05, 4.69) is 36.6 Å². The van der Waals surface area contributed by atoms with E-state index in [0.29, 0.717) is 19.3 Å². The molecule has 0 spiro atoms. The summed E-state index contributed by atoms with van der Waals surface area (Å²) in [5.74, 6) is -2.28. The molecule has 54 heavy (non-hydrogen) atoms. The van der Waals surface area contributed by atoms with Crippen molar-refractivity contribution >= 4 is 23.8 Å². The summed E-state index contributed by atoms with van der Waals surface area (Å²) >= 11 is 0. The third kappa shape index (κ3) is 36.6. The van der Waals surface area contributed by atoms with Crippen LogP contribution in [0.5, 0.6) is 0 Å². The molecule has 0 bridgehead atoms. The fourth-order valence-corrected chi connectivity index (χ4v) is 6.77. The molecule has 316 valence electrons. The first kappa shape index (κ1) is 51.6. The molecule has 0 radical (unpaired) electrons. The molecule has 9 heteroatoms. The number of carboxylic acids is 1. The number of amides is 2. The van der Waals surface area contributed by atoms with Crippen LogP contribution in [0.4, 0.5) is 0 Å². The Labute approximate surface area is 331 Å². The van der Waals surface area contributed by atoms with Crippen molar-refractivity contribution in [2.45, 2.75) is 238 Å². The van der Waals surface area contributed by atoms with Crippen molar-refractivity contribution in [1.82, 2.24) is 10.6 Å². The molecule has 0 aliphatic rings.